The van der Waals surface area contributed by atoms with Gasteiger partial charge in [-0.05, 0) is 31.2 Å². The van der Waals surface area contributed by atoms with E-state index in [1.807, 2.05) is 0 Å². The Kier molecular flexibility index (Phi) is 3.48. The highest BCUT2D eigenvalue weighted by atomic mass is 19.1. The molecule has 0 radical (unpaired) electrons. The lowest BCUT2D eigenvalue weighted by Crippen LogP contribution is -2.25. The van der Waals surface area contributed by atoms with Gasteiger partial charge >= 0.3 is 0 Å². The Morgan fingerprint density at radius 3 is 2.47 bits per heavy atom. The fourth-order valence-corrected chi connectivity index (χ4v) is 1.82. The second-order valence-electron chi connectivity index (χ2n) is 4.28. The van der Waals surface area contributed by atoms with Crippen molar-refractivity contribution >= 4 is 0 Å². The standard InChI is InChI=1S/C14H13F2NO2/c1-14(18,13-6-3-9(15)8-17-13)11-5-4-10(19-2)7-12(11)16/h3-8,18H,1-2H3. The molecule has 19 heavy (non-hydrogen) atoms. The predicted octanol–water partition coefficient (Wildman–Crippen LogP) is 2.62. The first kappa shape index (κ1) is 13.4. The first-order chi connectivity index (χ1) is 8.95. The van der Waals surface area contributed by atoms with Crippen molar-refractivity contribution in [2.24, 2.45) is 0 Å². The van der Waals surface area contributed by atoms with Gasteiger partial charge in [0.1, 0.15) is 23.0 Å². The van der Waals surface area contributed by atoms with Crippen LogP contribution in [0.1, 0.15) is 18.2 Å². The average Bonchev–Trinajstić information content (AvgIpc) is 2.38. The third-order valence-electron chi connectivity index (χ3n) is 2.93. The van der Waals surface area contributed by atoms with Crippen LogP contribution in [0, 0.1) is 11.6 Å². The largest absolute Gasteiger partial charge is 0.497 e. The average molecular weight is 265 g/mol. The van der Waals surface area contributed by atoms with Crippen LogP contribution >= 0.6 is 0 Å². The minimum Gasteiger partial charge on any atom is -0.497 e. The second-order valence-corrected chi connectivity index (χ2v) is 4.28. The summed E-state index contributed by atoms with van der Waals surface area (Å²) in [7, 11) is 1.42. The molecule has 0 fully saturated rings. The van der Waals surface area contributed by atoms with Gasteiger partial charge < -0.3 is 9.84 Å². The van der Waals surface area contributed by atoms with Gasteiger partial charge in [0.05, 0.1) is 19.0 Å². The van der Waals surface area contributed by atoms with Gasteiger partial charge in [-0.15, -0.1) is 0 Å². The first-order valence-corrected chi connectivity index (χ1v) is 5.63. The molecule has 0 amide bonds. The number of nitrogens with zero attached hydrogens (tertiary/aromatic N) is 1. The number of benzene rings is 1. The van der Waals surface area contributed by atoms with E-state index < -0.39 is 17.2 Å². The minimum atomic E-state index is -1.65. The highest BCUT2D eigenvalue weighted by Crippen LogP contribution is 2.31. The van der Waals surface area contributed by atoms with Crippen molar-refractivity contribution in [2.45, 2.75) is 12.5 Å². The molecule has 2 rings (SSSR count). The number of halogens is 2. The van der Waals surface area contributed by atoms with Crippen LogP contribution in [-0.4, -0.2) is 17.2 Å². The van der Waals surface area contributed by atoms with Gasteiger partial charge in [0.25, 0.3) is 0 Å². The van der Waals surface area contributed by atoms with E-state index in [2.05, 4.69) is 4.98 Å². The third kappa shape index (κ3) is 2.56. The summed E-state index contributed by atoms with van der Waals surface area (Å²) in [6.45, 7) is 1.40. The van der Waals surface area contributed by atoms with E-state index in [0.29, 0.717) is 5.75 Å². The Morgan fingerprint density at radius 2 is 1.95 bits per heavy atom. The molecule has 0 aliphatic heterocycles. The Bertz CT molecular complexity index is 582. The zero-order valence-electron chi connectivity index (χ0n) is 10.5. The Labute approximate surface area is 109 Å². The number of pyridine rings is 1. The van der Waals surface area contributed by atoms with Crippen LogP contribution in [0.4, 0.5) is 8.78 Å². The van der Waals surface area contributed by atoms with Crippen molar-refractivity contribution in [2.75, 3.05) is 7.11 Å². The van der Waals surface area contributed by atoms with Gasteiger partial charge in [0.2, 0.25) is 0 Å². The maximum atomic E-state index is 14.0. The van der Waals surface area contributed by atoms with Crippen LogP contribution < -0.4 is 4.74 Å². The molecule has 2 aromatic rings. The lowest BCUT2D eigenvalue weighted by molar-refractivity contribution is 0.0929. The maximum Gasteiger partial charge on any atom is 0.141 e. The summed E-state index contributed by atoms with van der Waals surface area (Å²) in [4.78, 5) is 3.79. The van der Waals surface area contributed by atoms with Crippen LogP contribution in [0.15, 0.2) is 36.5 Å². The molecule has 3 nitrogen and oxygen atoms in total. The van der Waals surface area contributed by atoms with Crippen LogP contribution in [0.5, 0.6) is 5.75 Å². The maximum absolute atomic E-state index is 14.0. The second kappa shape index (κ2) is 4.93. The SMILES string of the molecule is COc1ccc(C(C)(O)c2ccc(F)cn2)c(F)c1. The number of aliphatic hydroxyl groups is 1. The van der Waals surface area contributed by atoms with Gasteiger partial charge in [0, 0.05) is 11.6 Å². The van der Waals surface area contributed by atoms with E-state index in [4.69, 9.17) is 4.74 Å². The normalized spacial score (nSPS) is 13.9. The summed E-state index contributed by atoms with van der Waals surface area (Å²) in [5.74, 6) is -0.783. The summed E-state index contributed by atoms with van der Waals surface area (Å²) in [5, 5.41) is 10.4. The molecule has 1 aromatic heterocycles. The van der Waals surface area contributed by atoms with Gasteiger partial charge in [-0.25, -0.2) is 8.78 Å². The smallest absolute Gasteiger partial charge is 0.141 e. The zero-order valence-corrected chi connectivity index (χ0v) is 10.5. The molecule has 1 atom stereocenters. The predicted molar refractivity (Wildman–Crippen MR) is 65.8 cm³/mol. The van der Waals surface area contributed by atoms with E-state index in [1.165, 1.54) is 38.3 Å². The molecule has 1 aromatic carbocycles. The Hall–Kier alpha value is -2.01. The van der Waals surface area contributed by atoms with Crippen molar-refractivity contribution in [3.63, 3.8) is 0 Å². The fourth-order valence-electron chi connectivity index (χ4n) is 1.82. The Morgan fingerprint density at radius 1 is 1.21 bits per heavy atom. The molecule has 1 heterocycles. The molecule has 1 unspecified atom stereocenters. The van der Waals surface area contributed by atoms with E-state index in [9.17, 15) is 13.9 Å². The molecule has 0 bridgehead atoms. The first-order valence-electron chi connectivity index (χ1n) is 5.63. The van der Waals surface area contributed by atoms with E-state index in [1.54, 1.807) is 0 Å². The van der Waals surface area contributed by atoms with Crippen LogP contribution in [0.2, 0.25) is 0 Å². The van der Waals surface area contributed by atoms with Crippen molar-refractivity contribution in [1.29, 1.82) is 0 Å². The quantitative estimate of drug-likeness (QED) is 0.927. The van der Waals surface area contributed by atoms with Crippen molar-refractivity contribution in [1.82, 2.24) is 4.98 Å². The molecular formula is C14H13F2NO2. The van der Waals surface area contributed by atoms with Gasteiger partial charge in [-0.1, -0.05) is 0 Å². The molecule has 0 spiro atoms. The van der Waals surface area contributed by atoms with E-state index in [0.717, 1.165) is 12.3 Å². The molecule has 0 aliphatic rings. The summed E-state index contributed by atoms with van der Waals surface area (Å²) >= 11 is 0. The molecule has 5 heteroatoms. The topological polar surface area (TPSA) is 42.4 Å². The monoisotopic (exact) mass is 265 g/mol. The highest BCUT2D eigenvalue weighted by molar-refractivity contribution is 5.36. The van der Waals surface area contributed by atoms with Gasteiger partial charge in [-0.2, -0.15) is 0 Å². The highest BCUT2D eigenvalue weighted by Gasteiger charge is 2.30. The van der Waals surface area contributed by atoms with Gasteiger partial charge in [0.15, 0.2) is 0 Å². The number of hydrogen-bond acceptors (Lipinski definition) is 3. The number of ether oxygens (including phenoxy) is 1. The summed E-state index contributed by atoms with van der Waals surface area (Å²) in [6.07, 6.45) is 0.977. The minimum absolute atomic E-state index is 0.0485. The molecule has 0 aliphatic carbocycles. The fraction of sp³-hybridized carbons (Fsp3) is 0.214. The lowest BCUT2D eigenvalue weighted by atomic mass is 9.91. The van der Waals surface area contributed by atoms with Crippen molar-refractivity contribution in [3.8, 4) is 5.75 Å². The number of aromatic nitrogens is 1. The van der Waals surface area contributed by atoms with Crippen molar-refractivity contribution < 1.29 is 18.6 Å². The van der Waals surface area contributed by atoms with E-state index in [-0.39, 0.29) is 11.3 Å². The number of hydrogen-bond donors (Lipinski definition) is 1. The van der Waals surface area contributed by atoms with Crippen molar-refractivity contribution in [3.05, 3.63) is 59.4 Å². The van der Waals surface area contributed by atoms with E-state index >= 15 is 0 Å². The number of methoxy groups -OCH3 is 1. The summed E-state index contributed by atoms with van der Waals surface area (Å²) in [5.41, 5.74) is -1.44. The summed E-state index contributed by atoms with van der Waals surface area (Å²) in [6, 6.07) is 6.61. The van der Waals surface area contributed by atoms with Gasteiger partial charge in [-0.3, -0.25) is 4.98 Å². The van der Waals surface area contributed by atoms with Crippen LogP contribution in [0.25, 0.3) is 0 Å². The summed E-state index contributed by atoms with van der Waals surface area (Å²) < 4.78 is 31.7. The molecule has 0 saturated carbocycles. The molecule has 0 saturated heterocycles. The zero-order chi connectivity index (χ0) is 14.0. The lowest BCUT2D eigenvalue weighted by Gasteiger charge is -2.24. The Balaban J connectivity index is 2.46. The number of rotatable bonds is 3. The molecular weight excluding hydrogens is 252 g/mol. The third-order valence-corrected chi connectivity index (χ3v) is 2.93. The van der Waals surface area contributed by atoms with Crippen LogP contribution in [0.3, 0.4) is 0 Å². The molecule has 100 valence electrons. The molecule has 1 N–H and O–H groups in total. The van der Waals surface area contributed by atoms with Crippen LogP contribution in [-0.2, 0) is 5.60 Å².